The monoisotopic (exact) mass is 454 g/mol. The molecule has 142 valence electrons. The lowest BCUT2D eigenvalue weighted by Crippen LogP contribution is -2.38. The second-order valence-electron chi connectivity index (χ2n) is 6.19. The molecule has 1 aliphatic rings. The van der Waals surface area contributed by atoms with Crippen LogP contribution in [0.5, 0.6) is 0 Å². The van der Waals surface area contributed by atoms with Crippen molar-refractivity contribution >= 4 is 39.5 Å². The molecule has 0 aromatic heterocycles. The molecule has 2 amide bonds. The van der Waals surface area contributed by atoms with E-state index in [-0.39, 0.29) is 23.2 Å². The van der Waals surface area contributed by atoms with Gasteiger partial charge in [0.25, 0.3) is 5.91 Å². The summed E-state index contributed by atoms with van der Waals surface area (Å²) in [6, 6.07) is 11.5. The number of amides is 2. The van der Waals surface area contributed by atoms with Crippen molar-refractivity contribution in [1.82, 2.24) is 10.2 Å². The number of halogens is 3. The number of rotatable bonds is 4. The van der Waals surface area contributed by atoms with Gasteiger partial charge in [0.2, 0.25) is 0 Å². The van der Waals surface area contributed by atoms with E-state index in [0.29, 0.717) is 24.0 Å². The van der Waals surface area contributed by atoms with Crippen molar-refractivity contribution in [3.05, 3.63) is 68.9 Å². The Hall–Kier alpha value is -2.12. The molecule has 0 spiro atoms. The van der Waals surface area contributed by atoms with E-state index in [2.05, 4.69) is 21.2 Å². The topological polar surface area (TPSA) is 58.6 Å². The number of likely N-dealkylation sites (tertiary alicyclic amines) is 1. The van der Waals surface area contributed by atoms with Gasteiger partial charge in [-0.15, -0.1) is 0 Å². The van der Waals surface area contributed by atoms with E-state index in [1.165, 1.54) is 11.0 Å². The van der Waals surface area contributed by atoms with Gasteiger partial charge >= 0.3 is 6.09 Å². The number of hydrogen-bond acceptors (Lipinski definition) is 3. The summed E-state index contributed by atoms with van der Waals surface area (Å²) < 4.78 is 19.7. The van der Waals surface area contributed by atoms with Crippen LogP contribution in [0.15, 0.2) is 46.9 Å². The number of hydrogen-bond donors (Lipinski definition) is 1. The van der Waals surface area contributed by atoms with Crippen molar-refractivity contribution in [3.8, 4) is 0 Å². The fourth-order valence-electron chi connectivity index (χ4n) is 2.81. The Balaban J connectivity index is 1.52. The molecule has 2 aromatic rings. The van der Waals surface area contributed by atoms with E-state index >= 15 is 0 Å². The van der Waals surface area contributed by atoms with Gasteiger partial charge in [-0.3, -0.25) is 4.79 Å². The first-order valence-corrected chi connectivity index (χ1v) is 9.52. The molecule has 3 rings (SSSR count). The van der Waals surface area contributed by atoms with Gasteiger partial charge in [-0.1, -0.05) is 41.9 Å². The van der Waals surface area contributed by atoms with Gasteiger partial charge in [0.05, 0.1) is 10.6 Å². The average molecular weight is 456 g/mol. The fraction of sp³-hybridized carbons (Fsp3) is 0.263. The molecule has 0 aliphatic carbocycles. The number of carbonyl (C=O) groups excluding carboxylic acids is 2. The van der Waals surface area contributed by atoms with Crippen molar-refractivity contribution in [2.24, 2.45) is 0 Å². The van der Waals surface area contributed by atoms with Crippen LogP contribution in [0.2, 0.25) is 5.02 Å². The molecule has 5 nitrogen and oxygen atoms in total. The summed E-state index contributed by atoms with van der Waals surface area (Å²) in [7, 11) is 0. The predicted octanol–water partition coefficient (Wildman–Crippen LogP) is 4.38. The van der Waals surface area contributed by atoms with Crippen molar-refractivity contribution < 1.29 is 18.7 Å². The van der Waals surface area contributed by atoms with Gasteiger partial charge in [-0.05, 0) is 40.0 Å². The highest BCUT2D eigenvalue weighted by molar-refractivity contribution is 9.10. The Morgan fingerprint density at radius 3 is 2.78 bits per heavy atom. The molecule has 1 heterocycles. The number of ether oxygens (including phenoxy) is 1. The lowest BCUT2D eigenvalue weighted by molar-refractivity contribution is 0.0918. The Kier molecular flexibility index (Phi) is 6.34. The zero-order valence-electron chi connectivity index (χ0n) is 14.3. The third kappa shape index (κ3) is 4.99. The molecular weight excluding hydrogens is 439 g/mol. The average Bonchev–Trinajstić information content (AvgIpc) is 3.12. The van der Waals surface area contributed by atoms with Crippen LogP contribution >= 0.6 is 27.5 Å². The predicted molar refractivity (Wildman–Crippen MR) is 103 cm³/mol. The molecule has 1 fully saturated rings. The molecule has 27 heavy (non-hydrogen) atoms. The molecule has 1 aliphatic heterocycles. The summed E-state index contributed by atoms with van der Waals surface area (Å²) >= 11 is 8.99. The Morgan fingerprint density at radius 2 is 2.04 bits per heavy atom. The summed E-state index contributed by atoms with van der Waals surface area (Å²) in [6.45, 7) is 0.971. The van der Waals surface area contributed by atoms with Gasteiger partial charge in [-0.25, -0.2) is 9.18 Å². The number of nitrogens with one attached hydrogen (secondary N) is 1. The number of carbonyl (C=O) groups is 2. The summed E-state index contributed by atoms with van der Waals surface area (Å²) in [5, 5.41) is 2.94. The van der Waals surface area contributed by atoms with E-state index in [9.17, 15) is 14.0 Å². The molecule has 2 aromatic carbocycles. The quantitative estimate of drug-likeness (QED) is 0.696. The van der Waals surface area contributed by atoms with Crippen LogP contribution in [-0.2, 0) is 11.3 Å². The summed E-state index contributed by atoms with van der Waals surface area (Å²) in [5.41, 5.74) is 0.801. The molecule has 1 atom stereocenters. The maximum Gasteiger partial charge on any atom is 0.410 e. The second-order valence-corrected chi connectivity index (χ2v) is 7.45. The molecule has 8 heteroatoms. The van der Waals surface area contributed by atoms with E-state index in [1.54, 1.807) is 0 Å². The third-order valence-electron chi connectivity index (χ3n) is 4.24. The summed E-state index contributed by atoms with van der Waals surface area (Å²) in [5.74, 6) is -1.24. The van der Waals surface area contributed by atoms with Gasteiger partial charge in [0.1, 0.15) is 12.4 Å². The number of benzene rings is 2. The highest BCUT2D eigenvalue weighted by Crippen LogP contribution is 2.26. The Bertz CT molecular complexity index is 850. The standard InChI is InChI=1S/C19H17BrClFN2O3/c20-15-8-14(17(22)9-16(15)21)18(25)23-13-6-7-24(10-13)19(26)27-11-12-4-2-1-3-5-12/h1-5,8-9,13H,6-7,10-11H2,(H,23,25). The first kappa shape index (κ1) is 19.6. The molecule has 0 saturated carbocycles. The highest BCUT2D eigenvalue weighted by atomic mass is 79.9. The molecule has 0 bridgehead atoms. The van der Waals surface area contributed by atoms with E-state index in [0.717, 1.165) is 11.6 Å². The normalized spacial score (nSPS) is 16.3. The minimum atomic E-state index is -0.696. The van der Waals surface area contributed by atoms with Gasteiger partial charge in [0.15, 0.2) is 0 Å². The van der Waals surface area contributed by atoms with E-state index in [4.69, 9.17) is 16.3 Å². The molecule has 1 N–H and O–H groups in total. The minimum Gasteiger partial charge on any atom is -0.445 e. The zero-order chi connectivity index (χ0) is 19.4. The molecule has 1 saturated heterocycles. The third-order valence-corrected chi connectivity index (χ3v) is 5.44. The van der Waals surface area contributed by atoms with Crippen LogP contribution in [0, 0.1) is 5.82 Å². The highest BCUT2D eigenvalue weighted by Gasteiger charge is 2.29. The zero-order valence-corrected chi connectivity index (χ0v) is 16.6. The molecule has 1 unspecified atom stereocenters. The van der Waals surface area contributed by atoms with Crippen LogP contribution in [-0.4, -0.2) is 36.0 Å². The fourth-order valence-corrected chi connectivity index (χ4v) is 3.31. The Morgan fingerprint density at radius 1 is 1.30 bits per heavy atom. The second kappa shape index (κ2) is 8.71. The van der Waals surface area contributed by atoms with Crippen molar-refractivity contribution in [2.75, 3.05) is 13.1 Å². The minimum absolute atomic E-state index is 0.101. The van der Waals surface area contributed by atoms with Crippen LogP contribution in [0.1, 0.15) is 22.3 Å². The maximum absolute atomic E-state index is 14.0. The lowest BCUT2D eigenvalue weighted by Gasteiger charge is -2.17. The summed E-state index contributed by atoms with van der Waals surface area (Å²) in [4.78, 5) is 26.0. The van der Waals surface area contributed by atoms with Crippen molar-refractivity contribution in [1.29, 1.82) is 0 Å². The number of nitrogens with zero attached hydrogens (tertiary/aromatic N) is 1. The van der Waals surface area contributed by atoms with E-state index < -0.39 is 17.8 Å². The van der Waals surface area contributed by atoms with Crippen LogP contribution < -0.4 is 5.32 Å². The first-order chi connectivity index (χ1) is 12.9. The van der Waals surface area contributed by atoms with Crippen LogP contribution in [0.4, 0.5) is 9.18 Å². The van der Waals surface area contributed by atoms with E-state index in [1.807, 2.05) is 30.3 Å². The summed E-state index contributed by atoms with van der Waals surface area (Å²) in [6.07, 6.45) is 0.138. The Labute approximate surface area is 169 Å². The van der Waals surface area contributed by atoms with Gasteiger partial charge in [-0.2, -0.15) is 0 Å². The smallest absolute Gasteiger partial charge is 0.410 e. The van der Waals surface area contributed by atoms with Gasteiger partial charge in [0, 0.05) is 23.6 Å². The largest absolute Gasteiger partial charge is 0.445 e. The van der Waals surface area contributed by atoms with Crippen LogP contribution in [0.3, 0.4) is 0 Å². The lowest BCUT2D eigenvalue weighted by atomic mass is 10.1. The van der Waals surface area contributed by atoms with Crippen molar-refractivity contribution in [3.63, 3.8) is 0 Å². The SMILES string of the molecule is O=C(NC1CCN(C(=O)OCc2ccccc2)C1)c1cc(Br)c(Cl)cc1F. The van der Waals surface area contributed by atoms with Crippen LogP contribution in [0.25, 0.3) is 0 Å². The van der Waals surface area contributed by atoms with Gasteiger partial charge < -0.3 is 15.0 Å². The maximum atomic E-state index is 14.0. The van der Waals surface area contributed by atoms with Crippen molar-refractivity contribution in [2.45, 2.75) is 19.1 Å². The molecular formula is C19H17BrClFN2O3. The molecule has 0 radical (unpaired) electrons. The first-order valence-electron chi connectivity index (χ1n) is 8.35.